The Morgan fingerprint density at radius 3 is 2.41 bits per heavy atom. The number of carbonyl (C=O) groups is 3. The second-order valence-corrected chi connectivity index (χ2v) is 7.20. The molecule has 8 heteroatoms. The molecule has 160 valence electrons. The topological polar surface area (TPSA) is 103 Å². The maximum atomic E-state index is 12.2. The Balaban J connectivity index is 2.48. The minimum Gasteiger partial charge on any atom is -0.461 e. The number of rotatable bonds is 11. The monoisotopic (exact) mass is 406 g/mol. The van der Waals surface area contributed by atoms with Crippen molar-refractivity contribution in [3.05, 3.63) is 48.6 Å². The Kier molecular flexibility index (Phi) is 10.5. The summed E-state index contributed by atoms with van der Waals surface area (Å²) in [4.78, 5) is 35.9. The van der Waals surface area contributed by atoms with Crippen molar-refractivity contribution in [3.8, 4) is 0 Å². The largest absolute Gasteiger partial charge is 0.461 e. The van der Waals surface area contributed by atoms with Crippen LogP contribution in [-0.2, 0) is 30.4 Å². The molecule has 0 aliphatic rings. The van der Waals surface area contributed by atoms with E-state index in [9.17, 15) is 14.4 Å². The number of ether oxygens (including phenoxy) is 3. The van der Waals surface area contributed by atoms with Crippen molar-refractivity contribution in [2.45, 2.75) is 45.4 Å². The van der Waals surface area contributed by atoms with Crippen molar-refractivity contribution in [3.63, 3.8) is 0 Å². The zero-order valence-electron chi connectivity index (χ0n) is 17.2. The van der Waals surface area contributed by atoms with Gasteiger partial charge in [-0.2, -0.15) is 0 Å². The zero-order valence-corrected chi connectivity index (χ0v) is 17.2. The number of amides is 1. The maximum absolute atomic E-state index is 12.2. The second-order valence-electron chi connectivity index (χ2n) is 7.20. The van der Waals surface area contributed by atoms with Crippen LogP contribution in [-0.4, -0.2) is 49.4 Å². The van der Waals surface area contributed by atoms with Crippen molar-refractivity contribution in [2.75, 3.05) is 19.7 Å². The summed E-state index contributed by atoms with van der Waals surface area (Å²) in [6.45, 7) is 9.37. The molecule has 0 aliphatic carbocycles. The van der Waals surface area contributed by atoms with E-state index in [0.29, 0.717) is 0 Å². The lowest BCUT2D eigenvalue weighted by molar-refractivity contribution is -0.152. The molecule has 0 saturated carbocycles. The number of alkyl carbamates (subject to hydrolysis) is 1. The quantitative estimate of drug-likeness (QED) is 0.252. The van der Waals surface area contributed by atoms with Crippen LogP contribution in [0, 0.1) is 0 Å². The molecule has 29 heavy (non-hydrogen) atoms. The van der Waals surface area contributed by atoms with Gasteiger partial charge in [0.25, 0.3) is 0 Å². The van der Waals surface area contributed by atoms with Crippen molar-refractivity contribution >= 4 is 18.0 Å². The SMILES string of the molecule is C=CCOC(=O)[C@@H](CC(=O)OCc1ccccc1)NCCNC(=O)OC(C)(C)C. The van der Waals surface area contributed by atoms with Crippen LogP contribution in [0.5, 0.6) is 0 Å². The summed E-state index contributed by atoms with van der Waals surface area (Å²) in [6.07, 6.45) is 0.675. The minimum atomic E-state index is -0.904. The predicted octanol–water partition coefficient (Wildman–Crippen LogP) is 2.33. The summed E-state index contributed by atoms with van der Waals surface area (Å²) in [5, 5.41) is 5.46. The first-order valence-electron chi connectivity index (χ1n) is 9.38. The van der Waals surface area contributed by atoms with E-state index in [1.807, 2.05) is 30.3 Å². The van der Waals surface area contributed by atoms with Gasteiger partial charge in [-0.1, -0.05) is 43.0 Å². The Morgan fingerprint density at radius 2 is 1.79 bits per heavy atom. The molecule has 0 saturated heterocycles. The fourth-order valence-corrected chi connectivity index (χ4v) is 2.17. The van der Waals surface area contributed by atoms with Crippen LogP contribution in [0.3, 0.4) is 0 Å². The molecule has 1 atom stereocenters. The van der Waals surface area contributed by atoms with Gasteiger partial charge in [0.2, 0.25) is 0 Å². The third kappa shape index (κ3) is 11.5. The summed E-state index contributed by atoms with van der Waals surface area (Å²) >= 11 is 0. The van der Waals surface area contributed by atoms with E-state index >= 15 is 0 Å². The number of benzene rings is 1. The van der Waals surface area contributed by atoms with E-state index in [4.69, 9.17) is 14.2 Å². The summed E-state index contributed by atoms with van der Waals surface area (Å²) in [5.41, 5.74) is 0.248. The van der Waals surface area contributed by atoms with E-state index in [1.165, 1.54) is 6.08 Å². The molecule has 2 N–H and O–H groups in total. The van der Waals surface area contributed by atoms with Crippen LogP contribution in [0.4, 0.5) is 4.79 Å². The van der Waals surface area contributed by atoms with Crippen molar-refractivity contribution < 1.29 is 28.6 Å². The van der Waals surface area contributed by atoms with Gasteiger partial charge in [-0.25, -0.2) is 4.79 Å². The van der Waals surface area contributed by atoms with Crippen LogP contribution < -0.4 is 10.6 Å². The van der Waals surface area contributed by atoms with Crippen LogP contribution in [0.2, 0.25) is 0 Å². The van der Waals surface area contributed by atoms with Crippen LogP contribution >= 0.6 is 0 Å². The summed E-state index contributed by atoms with van der Waals surface area (Å²) < 4.78 is 15.4. The average Bonchev–Trinajstić information content (AvgIpc) is 2.66. The maximum Gasteiger partial charge on any atom is 0.407 e. The molecule has 8 nitrogen and oxygen atoms in total. The third-order valence-electron chi connectivity index (χ3n) is 3.43. The molecule has 0 radical (unpaired) electrons. The van der Waals surface area contributed by atoms with Crippen molar-refractivity contribution in [1.29, 1.82) is 0 Å². The van der Waals surface area contributed by atoms with Crippen LogP contribution in [0.1, 0.15) is 32.8 Å². The smallest absolute Gasteiger partial charge is 0.407 e. The second kappa shape index (κ2) is 12.6. The Labute approximate surface area is 171 Å². The molecule has 1 aromatic rings. The van der Waals surface area contributed by atoms with Gasteiger partial charge in [-0.05, 0) is 26.3 Å². The standard InChI is InChI=1S/C21H30N2O6/c1-5-13-27-19(25)17(22-11-12-23-20(26)29-21(2,3)4)14-18(24)28-15-16-9-7-6-8-10-16/h5-10,17,22H,1,11-15H2,2-4H3,(H,23,26)/t17-/m1/s1. The van der Waals surface area contributed by atoms with E-state index in [2.05, 4.69) is 17.2 Å². The zero-order chi connectivity index (χ0) is 21.7. The highest BCUT2D eigenvalue weighted by molar-refractivity contribution is 5.82. The highest BCUT2D eigenvalue weighted by Gasteiger charge is 2.24. The Morgan fingerprint density at radius 1 is 1.10 bits per heavy atom. The molecule has 1 aromatic carbocycles. The third-order valence-corrected chi connectivity index (χ3v) is 3.43. The van der Waals surface area contributed by atoms with Gasteiger partial charge in [-0.15, -0.1) is 0 Å². The molecule has 0 heterocycles. The molecule has 0 bridgehead atoms. The highest BCUT2D eigenvalue weighted by Crippen LogP contribution is 2.06. The van der Waals surface area contributed by atoms with Gasteiger partial charge in [0.1, 0.15) is 24.9 Å². The highest BCUT2D eigenvalue weighted by atomic mass is 16.6. The molecule has 1 amide bonds. The molecule has 0 unspecified atom stereocenters. The van der Waals surface area contributed by atoms with Gasteiger partial charge in [0.05, 0.1) is 6.42 Å². The first-order valence-corrected chi connectivity index (χ1v) is 9.38. The van der Waals surface area contributed by atoms with Gasteiger partial charge in [0, 0.05) is 13.1 Å². The summed E-state index contributed by atoms with van der Waals surface area (Å²) in [6, 6.07) is 8.33. The first kappa shape index (κ1) is 24.2. The van der Waals surface area contributed by atoms with Gasteiger partial charge < -0.3 is 24.8 Å². The van der Waals surface area contributed by atoms with Gasteiger partial charge >= 0.3 is 18.0 Å². The van der Waals surface area contributed by atoms with Crippen molar-refractivity contribution in [2.24, 2.45) is 0 Å². The number of nitrogens with one attached hydrogen (secondary N) is 2. The minimum absolute atomic E-state index is 0.0340. The summed E-state index contributed by atoms with van der Waals surface area (Å²) in [5.74, 6) is -1.14. The van der Waals surface area contributed by atoms with Crippen LogP contribution in [0.15, 0.2) is 43.0 Å². The number of carbonyl (C=O) groups excluding carboxylic acids is 3. The van der Waals surface area contributed by atoms with E-state index in [1.54, 1.807) is 20.8 Å². The molecule has 0 aromatic heterocycles. The van der Waals surface area contributed by atoms with E-state index in [0.717, 1.165) is 5.56 Å². The molecular weight excluding hydrogens is 376 g/mol. The Hall–Kier alpha value is -2.87. The fraction of sp³-hybridized carbons (Fsp3) is 0.476. The molecule has 0 spiro atoms. The van der Waals surface area contributed by atoms with E-state index < -0.39 is 29.7 Å². The van der Waals surface area contributed by atoms with Gasteiger partial charge in [-0.3, -0.25) is 9.59 Å². The lowest BCUT2D eigenvalue weighted by Crippen LogP contribution is -2.44. The van der Waals surface area contributed by atoms with E-state index in [-0.39, 0.29) is 32.7 Å². The fourth-order valence-electron chi connectivity index (χ4n) is 2.17. The van der Waals surface area contributed by atoms with Crippen LogP contribution in [0.25, 0.3) is 0 Å². The molecule has 1 rings (SSSR count). The summed E-state index contributed by atoms with van der Waals surface area (Å²) in [7, 11) is 0. The predicted molar refractivity (Wildman–Crippen MR) is 108 cm³/mol. The number of hydrogen-bond acceptors (Lipinski definition) is 7. The average molecular weight is 406 g/mol. The lowest BCUT2D eigenvalue weighted by atomic mass is 10.2. The molecular formula is C21H30N2O6. The first-order chi connectivity index (χ1) is 13.7. The lowest BCUT2D eigenvalue weighted by Gasteiger charge is -2.20. The normalized spacial score (nSPS) is 11.8. The van der Waals surface area contributed by atoms with Crippen molar-refractivity contribution in [1.82, 2.24) is 10.6 Å². The number of hydrogen-bond donors (Lipinski definition) is 2. The molecule has 0 fully saturated rings. The number of esters is 2. The Bertz CT molecular complexity index is 669. The molecule has 0 aliphatic heterocycles. The van der Waals surface area contributed by atoms with Gasteiger partial charge in [0.15, 0.2) is 0 Å².